The van der Waals surface area contributed by atoms with Gasteiger partial charge >= 0.3 is 0 Å². The Morgan fingerprint density at radius 3 is 2.52 bits per heavy atom. The number of nitrogens with zero attached hydrogens (tertiary/aromatic N) is 1. The predicted octanol–water partition coefficient (Wildman–Crippen LogP) is 2.01. The standard InChI is InChI=1S/C14H28N4O2S/c1-6-11(4)7-12(5)18-21(19,20)14-13(9-16-17-14)8-15-10(2)3/h9-12,15,18H,6-8H2,1-5H3,(H,16,17). The molecule has 0 amide bonds. The largest absolute Gasteiger partial charge is 0.310 e. The summed E-state index contributed by atoms with van der Waals surface area (Å²) in [5.74, 6) is 0.492. The fraction of sp³-hybridized carbons (Fsp3) is 0.786. The van der Waals surface area contributed by atoms with E-state index < -0.39 is 10.0 Å². The molecular weight excluding hydrogens is 288 g/mol. The molecule has 7 heteroatoms. The Morgan fingerprint density at radius 2 is 1.95 bits per heavy atom. The van der Waals surface area contributed by atoms with Gasteiger partial charge in [0.25, 0.3) is 10.0 Å². The van der Waals surface area contributed by atoms with Crippen LogP contribution in [0.1, 0.15) is 53.0 Å². The molecule has 0 aliphatic carbocycles. The molecule has 0 bridgehead atoms. The van der Waals surface area contributed by atoms with Gasteiger partial charge in [0.1, 0.15) is 0 Å². The molecule has 1 rings (SSSR count). The molecule has 6 nitrogen and oxygen atoms in total. The van der Waals surface area contributed by atoms with E-state index in [-0.39, 0.29) is 17.1 Å². The van der Waals surface area contributed by atoms with E-state index in [0.29, 0.717) is 18.0 Å². The molecule has 3 N–H and O–H groups in total. The Kier molecular flexibility index (Phi) is 6.83. The molecule has 0 aromatic carbocycles. The van der Waals surface area contributed by atoms with Crippen LogP contribution in [0.15, 0.2) is 11.2 Å². The number of aromatic amines is 1. The van der Waals surface area contributed by atoms with Crippen molar-refractivity contribution in [3.63, 3.8) is 0 Å². The van der Waals surface area contributed by atoms with Gasteiger partial charge in [-0.05, 0) is 19.3 Å². The first-order valence-electron chi connectivity index (χ1n) is 7.54. The highest BCUT2D eigenvalue weighted by atomic mass is 32.2. The van der Waals surface area contributed by atoms with Crippen molar-refractivity contribution in [2.24, 2.45) is 5.92 Å². The Balaban J connectivity index is 2.76. The lowest BCUT2D eigenvalue weighted by molar-refractivity contribution is 0.444. The van der Waals surface area contributed by atoms with Crippen LogP contribution < -0.4 is 10.0 Å². The van der Waals surface area contributed by atoms with Gasteiger partial charge in [0.2, 0.25) is 0 Å². The van der Waals surface area contributed by atoms with Crippen LogP contribution in [0.2, 0.25) is 0 Å². The minimum Gasteiger partial charge on any atom is -0.310 e. The Morgan fingerprint density at radius 1 is 1.29 bits per heavy atom. The minimum absolute atomic E-state index is 0.0980. The van der Waals surface area contributed by atoms with Gasteiger partial charge in [-0.25, -0.2) is 13.1 Å². The van der Waals surface area contributed by atoms with E-state index in [2.05, 4.69) is 34.1 Å². The van der Waals surface area contributed by atoms with Crippen LogP contribution >= 0.6 is 0 Å². The maximum Gasteiger partial charge on any atom is 0.258 e. The summed E-state index contributed by atoms with van der Waals surface area (Å²) in [5.41, 5.74) is 0.659. The lowest BCUT2D eigenvalue weighted by atomic mass is 10.0. The summed E-state index contributed by atoms with van der Waals surface area (Å²) in [6, 6.07) is 0.187. The zero-order chi connectivity index (χ0) is 16.0. The van der Waals surface area contributed by atoms with Crippen molar-refractivity contribution in [3.8, 4) is 0 Å². The molecule has 0 fully saturated rings. The summed E-state index contributed by atoms with van der Waals surface area (Å²) in [4.78, 5) is 0. The zero-order valence-corrected chi connectivity index (χ0v) is 14.4. The first-order valence-corrected chi connectivity index (χ1v) is 9.02. The van der Waals surface area contributed by atoms with Gasteiger partial charge in [-0.15, -0.1) is 0 Å². The number of aromatic nitrogens is 2. The highest BCUT2D eigenvalue weighted by Gasteiger charge is 2.23. The summed E-state index contributed by atoms with van der Waals surface area (Å²) in [6.45, 7) is 10.6. The lowest BCUT2D eigenvalue weighted by Crippen LogP contribution is -2.35. The summed E-state index contributed by atoms with van der Waals surface area (Å²) >= 11 is 0. The predicted molar refractivity (Wildman–Crippen MR) is 84.4 cm³/mol. The average molecular weight is 316 g/mol. The first kappa shape index (κ1) is 18.1. The van der Waals surface area contributed by atoms with Crippen LogP contribution in [0, 0.1) is 5.92 Å². The third-order valence-corrected chi connectivity index (χ3v) is 5.06. The summed E-state index contributed by atoms with van der Waals surface area (Å²) < 4.78 is 27.6. The highest BCUT2D eigenvalue weighted by molar-refractivity contribution is 7.89. The third-order valence-electron chi connectivity index (χ3n) is 3.46. The van der Waals surface area contributed by atoms with Crippen LogP contribution in [-0.2, 0) is 16.6 Å². The molecular formula is C14H28N4O2S. The van der Waals surface area contributed by atoms with Crippen LogP contribution in [0.3, 0.4) is 0 Å². The van der Waals surface area contributed by atoms with Crippen molar-refractivity contribution >= 4 is 10.0 Å². The topological polar surface area (TPSA) is 86.9 Å². The Bertz CT molecular complexity index is 525. The second-order valence-corrected chi connectivity index (χ2v) is 7.68. The maximum absolute atomic E-state index is 12.4. The van der Waals surface area contributed by atoms with Gasteiger partial charge < -0.3 is 5.32 Å². The zero-order valence-electron chi connectivity index (χ0n) is 13.6. The molecule has 2 atom stereocenters. The molecule has 0 radical (unpaired) electrons. The lowest BCUT2D eigenvalue weighted by Gasteiger charge is -2.17. The van der Waals surface area contributed by atoms with Crippen LogP contribution in [-0.4, -0.2) is 30.7 Å². The summed E-state index contributed by atoms with van der Waals surface area (Å²) in [5, 5.41) is 9.83. The fourth-order valence-electron chi connectivity index (χ4n) is 2.11. The van der Waals surface area contributed by atoms with E-state index in [4.69, 9.17) is 0 Å². The second kappa shape index (κ2) is 7.91. The van der Waals surface area contributed by atoms with Crippen molar-refractivity contribution in [2.45, 2.75) is 71.1 Å². The number of sulfonamides is 1. The number of nitrogens with one attached hydrogen (secondary N) is 3. The first-order chi connectivity index (χ1) is 9.76. The van der Waals surface area contributed by atoms with E-state index in [9.17, 15) is 8.42 Å². The van der Waals surface area contributed by atoms with E-state index >= 15 is 0 Å². The van der Waals surface area contributed by atoms with Crippen molar-refractivity contribution in [2.75, 3.05) is 0 Å². The molecule has 0 saturated carbocycles. The van der Waals surface area contributed by atoms with Crippen LogP contribution in [0.5, 0.6) is 0 Å². The van der Waals surface area contributed by atoms with Crippen LogP contribution in [0.25, 0.3) is 0 Å². The molecule has 2 unspecified atom stereocenters. The van der Waals surface area contributed by atoms with E-state index in [0.717, 1.165) is 12.8 Å². The monoisotopic (exact) mass is 316 g/mol. The van der Waals surface area contributed by atoms with Gasteiger partial charge in [0, 0.05) is 24.2 Å². The average Bonchev–Trinajstić information content (AvgIpc) is 2.84. The molecule has 0 aliphatic rings. The molecule has 1 aromatic heterocycles. The maximum atomic E-state index is 12.4. The molecule has 0 saturated heterocycles. The van der Waals surface area contributed by atoms with E-state index in [1.807, 2.05) is 20.8 Å². The van der Waals surface area contributed by atoms with E-state index in [1.54, 1.807) is 6.20 Å². The molecule has 122 valence electrons. The number of rotatable bonds is 9. The van der Waals surface area contributed by atoms with Crippen molar-refractivity contribution in [1.82, 2.24) is 20.2 Å². The smallest absolute Gasteiger partial charge is 0.258 e. The van der Waals surface area contributed by atoms with Gasteiger partial charge in [0.05, 0.1) is 6.20 Å². The Hall–Kier alpha value is -0.920. The number of hydrogen-bond acceptors (Lipinski definition) is 4. The molecule has 0 aliphatic heterocycles. The SMILES string of the molecule is CCC(C)CC(C)NS(=O)(=O)c1[nH]ncc1CNC(C)C. The van der Waals surface area contributed by atoms with Crippen molar-refractivity contribution < 1.29 is 8.42 Å². The number of hydrogen-bond donors (Lipinski definition) is 3. The number of H-pyrrole nitrogens is 1. The molecule has 21 heavy (non-hydrogen) atoms. The summed E-state index contributed by atoms with van der Waals surface area (Å²) in [7, 11) is -3.56. The normalized spacial score (nSPS) is 15.3. The molecule has 1 aromatic rings. The van der Waals surface area contributed by atoms with E-state index in [1.165, 1.54) is 0 Å². The quantitative estimate of drug-likeness (QED) is 0.650. The summed E-state index contributed by atoms with van der Waals surface area (Å²) in [6.07, 6.45) is 3.42. The molecule has 1 heterocycles. The second-order valence-electron chi connectivity index (χ2n) is 6.03. The van der Waals surface area contributed by atoms with Gasteiger partial charge in [-0.1, -0.05) is 34.1 Å². The third kappa shape index (κ3) is 5.76. The van der Waals surface area contributed by atoms with Crippen molar-refractivity contribution in [1.29, 1.82) is 0 Å². The minimum atomic E-state index is -3.56. The molecule has 0 spiro atoms. The highest BCUT2D eigenvalue weighted by Crippen LogP contribution is 2.15. The van der Waals surface area contributed by atoms with Gasteiger partial charge in [-0.2, -0.15) is 5.10 Å². The van der Waals surface area contributed by atoms with Gasteiger partial charge in [-0.3, -0.25) is 5.10 Å². The van der Waals surface area contributed by atoms with Gasteiger partial charge in [0.15, 0.2) is 5.03 Å². The Labute approximate surface area is 128 Å². The van der Waals surface area contributed by atoms with Crippen molar-refractivity contribution in [3.05, 3.63) is 11.8 Å². The fourth-order valence-corrected chi connectivity index (χ4v) is 3.50. The van der Waals surface area contributed by atoms with Crippen LogP contribution in [0.4, 0.5) is 0 Å².